The Morgan fingerprint density at radius 1 is 1.38 bits per heavy atom. The first-order chi connectivity index (χ1) is 10.1. The zero-order chi connectivity index (χ0) is 14.9. The highest BCUT2D eigenvalue weighted by atomic mass is 19.1. The van der Waals surface area contributed by atoms with Crippen LogP contribution in [0.2, 0.25) is 0 Å². The number of hydrogen-bond donors (Lipinski definition) is 0. The predicted octanol–water partition coefficient (Wildman–Crippen LogP) is 2.96. The quantitative estimate of drug-likeness (QED) is 0.853. The van der Waals surface area contributed by atoms with Crippen LogP contribution >= 0.6 is 0 Å². The second kappa shape index (κ2) is 5.76. The van der Waals surface area contributed by atoms with Crippen molar-refractivity contribution in [1.29, 1.82) is 0 Å². The van der Waals surface area contributed by atoms with Crippen LogP contribution in [0.15, 0.2) is 24.3 Å². The van der Waals surface area contributed by atoms with Gasteiger partial charge in [0.15, 0.2) is 0 Å². The van der Waals surface area contributed by atoms with Crippen LogP contribution in [-0.2, 0) is 9.53 Å². The van der Waals surface area contributed by atoms with Gasteiger partial charge in [0.1, 0.15) is 5.82 Å². The molecule has 4 heteroatoms. The minimum atomic E-state index is -0.271. The second-order valence-electron chi connectivity index (χ2n) is 6.36. The molecule has 0 aromatic heterocycles. The summed E-state index contributed by atoms with van der Waals surface area (Å²) in [4.78, 5) is 14.7. The van der Waals surface area contributed by atoms with Crippen molar-refractivity contribution in [2.24, 2.45) is 5.41 Å². The number of carbonyl (C=O) groups is 1. The van der Waals surface area contributed by atoms with E-state index in [4.69, 9.17) is 4.74 Å². The third-order valence-corrected chi connectivity index (χ3v) is 5.00. The molecule has 1 amide bonds. The standard InChI is InChI=1S/C17H22FNO2/c1-21-12-17(8-2-9-17)16(20)19-10-7-14(11-19)13-3-5-15(18)6-4-13/h3-6,14H,2,7-12H2,1H3/t14-/m0/s1. The van der Waals surface area contributed by atoms with Crippen LogP contribution in [0.3, 0.4) is 0 Å². The molecule has 0 bridgehead atoms. The van der Waals surface area contributed by atoms with Gasteiger partial charge in [0.2, 0.25) is 5.91 Å². The van der Waals surface area contributed by atoms with E-state index in [0.29, 0.717) is 12.5 Å². The normalized spacial score (nSPS) is 23.9. The maximum atomic E-state index is 13.0. The molecule has 2 aliphatic rings. The van der Waals surface area contributed by atoms with Gasteiger partial charge < -0.3 is 9.64 Å². The Labute approximate surface area is 125 Å². The molecule has 114 valence electrons. The van der Waals surface area contributed by atoms with Gasteiger partial charge in [-0.1, -0.05) is 18.6 Å². The molecule has 0 radical (unpaired) electrons. The largest absolute Gasteiger partial charge is 0.384 e. The molecular weight excluding hydrogens is 269 g/mol. The number of methoxy groups -OCH3 is 1. The van der Waals surface area contributed by atoms with Crippen molar-refractivity contribution in [2.75, 3.05) is 26.8 Å². The van der Waals surface area contributed by atoms with Crippen molar-refractivity contribution in [2.45, 2.75) is 31.6 Å². The average Bonchev–Trinajstić information content (AvgIpc) is 2.92. The molecule has 1 aromatic rings. The van der Waals surface area contributed by atoms with Crippen LogP contribution < -0.4 is 0 Å². The van der Waals surface area contributed by atoms with Crippen LogP contribution in [0.4, 0.5) is 4.39 Å². The Kier molecular flexibility index (Phi) is 3.98. The van der Waals surface area contributed by atoms with E-state index in [2.05, 4.69) is 0 Å². The number of benzene rings is 1. The summed E-state index contributed by atoms with van der Waals surface area (Å²) in [5, 5.41) is 0. The number of carbonyl (C=O) groups excluding carboxylic acids is 1. The molecule has 1 saturated heterocycles. The molecule has 1 aromatic carbocycles. The summed E-state index contributed by atoms with van der Waals surface area (Å²) in [6.07, 6.45) is 3.96. The molecule has 3 nitrogen and oxygen atoms in total. The lowest BCUT2D eigenvalue weighted by atomic mass is 9.68. The van der Waals surface area contributed by atoms with Crippen molar-refractivity contribution in [3.8, 4) is 0 Å². The number of halogens is 1. The first-order valence-corrected chi connectivity index (χ1v) is 7.68. The van der Waals surface area contributed by atoms with E-state index >= 15 is 0 Å². The van der Waals surface area contributed by atoms with Gasteiger partial charge in [-0.25, -0.2) is 4.39 Å². The third kappa shape index (κ3) is 2.69. The second-order valence-corrected chi connectivity index (χ2v) is 6.36. The summed E-state index contributed by atoms with van der Waals surface area (Å²) in [6.45, 7) is 2.08. The van der Waals surface area contributed by atoms with E-state index in [-0.39, 0.29) is 17.1 Å². The van der Waals surface area contributed by atoms with Gasteiger partial charge in [-0.15, -0.1) is 0 Å². The Morgan fingerprint density at radius 2 is 2.10 bits per heavy atom. The smallest absolute Gasteiger partial charge is 0.231 e. The zero-order valence-electron chi connectivity index (χ0n) is 12.5. The van der Waals surface area contributed by atoms with E-state index in [1.807, 2.05) is 17.0 Å². The highest BCUT2D eigenvalue weighted by Gasteiger charge is 2.47. The molecule has 21 heavy (non-hydrogen) atoms. The molecule has 1 atom stereocenters. The SMILES string of the molecule is COCC1(C(=O)N2CC[C@H](c3ccc(F)cc3)C2)CCC1. The van der Waals surface area contributed by atoms with Gasteiger partial charge in [0, 0.05) is 26.1 Å². The molecular formula is C17H22FNO2. The first kappa shape index (κ1) is 14.5. The number of amides is 1. The fourth-order valence-corrected chi connectivity index (χ4v) is 3.59. The van der Waals surface area contributed by atoms with E-state index in [1.165, 1.54) is 12.1 Å². The summed E-state index contributed by atoms with van der Waals surface area (Å²) in [6, 6.07) is 6.67. The van der Waals surface area contributed by atoms with Gasteiger partial charge in [0.05, 0.1) is 12.0 Å². The molecule has 0 N–H and O–H groups in total. The number of rotatable bonds is 4. The molecule has 1 heterocycles. The maximum absolute atomic E-state index is 13.0. The Hall–Kier alpha value is -1.42. The molecule has 1 aliphatic carbocycles. The zero-order valence-corrected chi connectivity index (χ0v) is 12.5. The van der Waals surface area contributed by atoms with E-state index in [1.54, 1.807) is 7.11 Å². The van der Waals surface area contributed by atoms with Crippen LogP contribution in [0.1, 0.15) is 37.2 Å². The van der Waals surface area contributed by atoms with E-state index in [0.717, 1.165) is 44.3 Å². The van der Waals surface area contributed by atoms with Gasteiger partial charge in [-0.3, -0.25) is 4.79 Å². The fourth-order valence-electron chi connectivity index (χ4n) is 3.59. The Morgan fingerprint density at radius 3 is 2.67 bits per heavy atom. The summed E-state index contributed by atoms with van der Waals surface area (Å²) < 4.78 is 18.3. The van der Waals surface area contributed by atoms with Crippen molar-refractivity contribution >= 4 is 5.91 Å². The molecule has 1 aliphatic heterocycles. The van der Waals surface area contributed by atoms with E-state index < -0.39 is 0 Å². The third-order valence-electron chi connectivity index (χ3n) is 5.00. The van der Waals surface area contributed by atoms with Crippen LogP contribution in [0, 0.1) is 11.2 Å². The van der Waals surface area contributed by atoms with Gasteiger partial charge in [-0.2, -0.15) is 0 Å². The van der Waals surface area contributed by atoms with Crippen LogP contribution in [0.5, 0.6) is 0 Å². The monoisotopic (exact) mass is 291 g/mol. The summed E-state index contributed by atoms with van der Waals surface area (Å²) in [7, 11) is 1.67. The van der Waals surface area contributed by atoms with Gasteiger partial charge in [0.25, 0.3) is 0 Å². The molecule has 0 spiro atoms. The van der Waals surface area contributed by atoms with Gasteiger partial charge >= 0.3 is 0 Å². The van der Waals surface area contributed by atoms with Crippen molar-refractivity contribution in [3.63, 3.8) is 0 Å². The molecule has 1 saturated carbocycles. The molecule has 3 rings (SSSR count). The predicted molar refractivity (Wildman–Crippen MR) is 78.5 cm³/mol. The van der Waals surface area contributed by atoms with Crippen molar-refractivity contribution in [1.82, 2.24) is 4.90 Å². The lowest BCUT2D eigenvalue weighted by Crippen LogP contribution is -2.49. The Bertz CT molecular complexity index is 510. The first-order valence-electron chi connectivity index (χ1n) is 7.68. The van der Waals surface area contributed by atoms with Gasteiger partial charge in [-0.05, 0) is 37.0 Å². The lowest BCUT2D eigenvalue weighted by molar-refractivity contribution is -0.151. The lowest BCUT2D eigenvalue weighted by Gasteiger charge is -2.42. The highest BCUT2D eigenvalue weighted by molar-refractivity contribution is 5.84. The number of hydrogen-bond acceptors (Lipinski definition) is 2. The van der Waals surface area contributed by atoms with E-state index in [9.17, 15) is 9.18 Å². The summed E-state index contributed by atoms with van der Waals surface area (Å²) in [5.74, 6) is 0.368. The number of likely N-dealkylation sites (tertiary alicyclic amines) is 1. The average molecular weight is 291 g/mol. The maximum Gasteiger partial charge on any atom is 0.231 e. The minimum Gasteiger partial charge on any atom is -0.384 e. The molecule has 0 unspecified atom stereocenters. The summed E-state index contributed by atoms with van der Waals surface area (Å²) >= 11 is 0. The minimum absolute atomic E-state index is 0.210. The van der Waals surface area contributed by atoms with Crippen molar-refractivity contribution in [3.05, 3.63) is 35.6 Å². The summed E-state index contributed by atoms with van der Waals surface area (Å²) in [5.41, 5.74) is 0.855. The number of ether oxygens (including phenoxy) is 1. The highest BCUT2D eigenvalue weighted by Crippen LogP contribution is 2.44. The topological polar surface area (TPSA) is 29.5 Å². The van der Waals surface area contributed by atoms with Crippen LogP contribution in [-0.4, -0.2) is 37.6 Å². The van der Waals surface area contributed by atoms with Crippen molar-refractivity contribution < 1.29 is 13.9 Å². The fraction of sp³-hybridized carbons (Fsp3) is 0.588. The number of nitrogens with zero attached hydrogens (tertiary/aromatic N) is 1. The molecule has 2 fully saturated rings. The van der Waals surface area contributed by atoms with Crippen LogP contribution in [0.25, 0.3) is 0 Å². The Balaban J connectivity index is 1.66.